The molecule has 0 aliphatic carbocycles. The van der Waals surface area contributed by atoms with Gasteiger partial charge in [0.15, 0.2) is 11.5 Å². The highest BCUT2D eigenvalue weighted by Crippen LogP contribution is 2.37. The molecule has 1 aromatic heterocycles. The van der Waals surface area contributed by atoms with Gasteiger partial charge in [0.2, 0.25) is 0 Å². The maximum absolute atomic E-state index is 6.59. The first-order chi connectivity index (χ1) is 26.1. The molecule has 0 bridgehead atoms. The fraction of sp³-hybridized carbons (Fsp3) is 0.600. The second kappa shape index (κ2) is 21.1. The van der Waals surface area contributed by atoms with E-state index < -0.39 is 0 Å². The van der Waals surface area contributed by atoms with E-state index >= 15 is 0 Å². The first-order valence-corrected chi connectivity index (χ1v) is 21.9. The van der Waals surface area contributed by atoms with Crippen LogP contribution < -0.4 is 9.47 Å². The smallest absolute Gasteiger partial charge is 0.163 e. The van der Waals surface area contributed by atoms with Gasteiger partial charge in [-0.3, -0.25) is 0 Å². The standard InChI is InChI=1S/C50H72N2O2/c1-35(2)17-13-19-37(5)21-15-23-39(7)29-31-53-47-33-45-46(34-48(47)54-32-30-40(8)24-16-22-38(6)20-14-18-36(3)4)52-50-44-28-12-10-26-42(44)41-25-9-11-27-43(41)49(50)51-45/h9-12,25-28,33-40H,13-24,29-32H2,1-8H3/t37-,38-,39-,40-/m0/s1. The van der Waals surface area contributed by atoms with E-state index in [0.29, 0.717) is 25.0 Å². The van der Waals surface area contributed by atoms with Crippen LogP contribution in [0.3, 0.4) is 0 Å². The molecular formula is C50H72N2O2. The average Bonchev–Trinajstić information content (AvgIpc) is 3.14. The third-order valence-corrected chi connectivity index (χ3v) is 11.9. The molecule has 0 unspecified atom stereocenters. The number of rotatable bonds is 24. The van der Waals surface area contributed by atoms with Crippen molar-refractivity contribution >= 4 is 43.6 Å². The number of ether oxygens (including phenoxy) is 2. The number of fused-ring (bicyclic) bond motifs is 7. The highest BCUT2D eigenvalue weighted by Gasteiger charge is 2.17. The van der Waals surface area contributed by atoms with E-state index in [1.807, 2.05) is 0 Å². The third-order valence-electron chi connectivity index (χ3n) is 11.9. The van der Waals surface area contributed by atoms with Crippen molar-refractivity contribution in [3.05, 3.63) is 60.7 Å². The first kappa shape index (κ1) is 41.8. The van der Waals surface area contributed by atoms with Gasteiger partial charge in [0.25, 0.3) is 0 Å². The van der Waals surface area contributed by atoms with E-state index in [1.54, 1.807) is 0 Å². The number of aromatic nitrogens is 2. The van der Waals surface area contributed by atoms with E-state index in [4.69, 9.17) is 19.4 Å². The van der Waals surface area contributed by atoms with E-state index in [1.165, 1.54) is 87.8 Å². The normalized spacial score (nSPS) is 14.4. The molecule has 5 aromatic rings. The van der Waals surface area contributed by atoms with Crippen molar-refractivity contribution in [2.75, 3.05) is 13.2 Å². The molecule has 4 atom stereocenters. The summed E-state index contributed by atoms with van der Waals surface area (Å²) in [5.74, 6) is 6.10. The van der Waals surface area contributed by atoms with Gasteiger partial charge in [-0.05, 0) is 59.1 Å². The van der Waals surface area contributed by atoms with E-state index in [2.05, 4.69) is 116 Å². The molecule has 4 nitrogen and oxygen atoms in total. The molecule has 0 spiro atoms. The zero-order valence-corrected chi connectivity index (χ0v) is 35.3. The molecule has 4 heteroatoms. The van der Waals surface area contributed by atoms with E-state index in [-0.39, 0.29) is 0 Å². The highest BCUT2D eigenvalue weighted by atomic mass is 16.5. The van der Waals surface area contributed by atoms with Crippen molar-refractivity contribution in [2.24, 2.45) is 35.5 Å². The summed E-state index contributed by atoms with van der Waals surface area (Å²) in [5.41, 5.74) is 3.57. The van der Waals surface area contributed by atoms with Gasteiger partial charge >= 0.3 is 0 Å². The van der Waals surface area contributed by atoms with Gasteiger partial charge < -0.3 is 9.47 Å². The van der Waals surface area contributed by atoms with Crippen molar-refractivity contribution in [3.8, 4) is 11.5 Å². The summed E-state index contributed by atoms with van der Waals surface area (Å²) in [6.45, 7) is 20.3. The highest BCUT2D eigenvalue weighted by molar-refractivity contribution is 6.23. The zero-order chi connectivity index (χ0) is 38.5. The predicted molar refractivity (Wildman–Crippen MR) is 234 cm³/mol. The van der Waals surface area contributed by atoms with E-state index in [9.17, 15) is 0 Å². The number of hydrogen-bond acceptors (Lipinski definition) is 4. The molecule has 0 N–H and O–H groups in total. The van der Waals surface area contributed by atoms with Crippen LogP contribution in [-0.2, 0) is 0 Å². The molecule has 0 saturated carbocycles. The average molecular weight is 733 g/mol. The predicted octanol–water partition coefficient (Wildman–Crippen LogP) is 15.2. The van der Waals surface area contributed by atoms with Crippen LogP contribution in [0.15, 0.2) is 60.7 Å². The van der Waals surface area contributed by atoms with Crippen LogP contribution in [0.25, 0.3) is 43.6 Å². The van der Waals surface area contributed by atoms with Crippen LogP contribution in [0.1, 0.15) is 145 Å². The zero-order valence-electron chi connectivity index (χ0n) is 35.3. The fourth-order valence-electron chi connectivity index (χ4n) is 8.21. The molecular weight excluding hydrogens is 661 g/mol. The maximum Gasteiger partial charge on any atom is 0.163 e. The van der Waals surface area contributed by atoms with Crippen LogP contribution in [0.5, 0.6) is 11.5 Å². The minimum Gasteiger partial charge on any atom is -0.490 e. The Hall–Kier alpha value is -3.40. The second-order valence-corrected chi connectivity index (χ2v) is 18.0. The van der Waals surface area contributed by atoms with Gasteiger partial charge in [0, 0.05) is 22.9 Å². The Morgan fingerprint density at radius 1 is 0.407 bits per heavy atom. The Labute approximate surface area is 328 Å². The van der Waals surface area contributed by atoms with Crippen LogP contribution in [0, 0.1) is 35.5 Å². The molecule has 1 heterocycles. The number of nitrogens with zero attached hydrogens (tertiary/aromatic N) is 2. The van der Waals surface area contributed by atoms with Gasteiger partial charge in [0.05, 0.1) is 35.3 Å². The van der Waals surface area contributed by atoms with Gasteiger partial charge in [-0.2, -0.15) is 0 Å². The van der Waals surface area contributed by atoms with Crippen molar-refractivity contribution in [2.45, 2.75) is 145 Å². The topological polar surface area (TPSA) is 44.2 Å². The molecule has 4 aromatic carbocycles. The molecule has 54 heavy (non-hydrogen) atoms. The van der Waals surface area contributed by atoms with Gasteiger partial charge in [-0.1, -0.05) is 181 Å². The molecule has 5 rings (SSSR count). The summed E-state index contributed by atoms with van der Waals surface area (Å²) in [7, 11) is 0. The lowest BCUT2D eigenvalue weighted by Crippen LogP contribution is -2.08. The summed E-state index contributed by atoms with van der Waals surface area (Å²) in [5, 5.41) is 4.68. The minimum atomic E-state index is 0.625. The lowest BCUT2D eigenvalue weighted by atomic mass is 9.93. The molecule has 0 fully saturated rings. The van der Waals surface area contributed by atoms with Crippen LogP contribution in [-0.4, -0.2) is 23.2 Å². The molecule has 0 aliphatic heterocycles. The van der Waals surface area contributed by atoms with Crippen LogP contribution >= 0.6 is 0 Å². The monoisotopic (exact) mass is 733 g/mol. The third kappa shape index (κ3) is 12.3. The largest absolute Gasteiger partial charge is 0.490 e. The number of benzene rings is 4. The second-order valence-electron chi connectivity index (χ2n) is 18.0. The molecule has 0 radical (unpaired) electrons. The van der Waals surface area contributed by atoms with E-state index in [0.717, 1.165) is 80.9 Å². The summed E-state index contributed by atoms with van der Waals surface area (Å²) < 4.78 is 13.2. The quantitative estimate of drug-likeness (QED) is 0.0468. The SMILES string of the molecule is CC(C)CCC[C@H](C)CCC[C@H](C)CCOc1cc2nc3c4ccccc4c4ccccc4c3nc2cc1OCC[C@@H](C)CCC[C@@H](C)CCCC(C)C. The number of hydrogen-bond donors (Lipinski definition) is 0. The minimum absolute atomic E-state index is 0.625. The maximum atomic E-state index is 6.59. The Morgan fingerprint density at radius 3 is 1.07 bits per heavy atom. The Kier molecular flexibility index (Phi) is 16.3. The van der Waals surface area contributed by atoms with Gasteiger partial charge in [0.1, 0.15) is 0 Å². The van der Waals surface area contributed by atoms with Gasteiger partial charge in [-0.15, -0.1) is 0 Å². The van der Waals surface area contributed by atoms with Crippen molar-refractivity contribution in [1.29, 1.82) is 0 Å². The molecule has 0 aliphatic rings. The summed E-state index contributed by atoms with van der Waals surface area (Å²) in [6, 6.07) is 21.3. The summed E-state index contributed by atoms with van der Waals surface area (Å²) >= 11 is 0. The van der Waals surface area contributed by atoms with Crippen LogP contribution in [0.2, 0.25) is 0 Å². The van der Waals surface area contributed by atoms with Crippen LogP contribution in [0.4, 0.5) is 0 Å². The Balaban J connectivity index is 1.27. The summed E-state index contributed by atoms with van der Waals surface area (Å²) in [4.78, 5) is 10.5. The van der Waals surface area contributed by atoms with Gasteiger partial charge in [-0.25, -0.2) is 9.97 Å². The lowest BCUT2D eigenvalue weighted by molar-refractivity contribution is 0.237. The lowest BCUT2D eigenvalue weighted by Gasteiger charge is -2.18. The Morgan fingerprint density at radius 2 is 0.722 bits per heavy atom. The van der Waals surface area contributed by atoms with Crippen molar-refractivity contribution < 1.29 is 9.47 Å². The van der Waals surface area contributed by atoms with Crippen molar-refractivity contribution in [1.82, 2.24) is 9.97 Å². The first-order valence-electron chi connectivity index (χ1n) is 21.9. The summed E-state index contributed by atoms with van der Waals surface area (Å²) in [6.07, 6.45) is 18.0. The molecule has 0 saturated heterocycles. The molecule has 294 valence electrons. The molecule has 0 amide bonds. The Bertz CT molecular complexity index is 1740. The van der Waals surface area contributed by atoms with Crippen molar-refractivity contribution in [3.63, 3.8) is 0 Å². The fourth-order valence-corrected chi connectivity index (χ4v) is 8.21.